The minimum atomic E-state index is 0.240. The van der Waals surface area contributed by atoms with Crippen LogP contribution in [-0.2, 0) is 0 Å². The van der Waals surface area contributed by atoms with Crippen molar-refractivity contribution >= 4 is 102 Å². The fourth-order valence-corrected chi connectivity index (χ4v) is 13.2. The standard InChI is InChI=1S/C86H58N10O2/c1-88-84(62-34-48-70(49-35-62)96(68-44-30-58(31-45-68)72-17-5-7-23-79(72)98-3)66-40-26-56(27-41-66)64-37-51-81(90-54-64)94-86-74-19-9-13-61-15-11-21-77(92-86)83(61)74)75(52-87)59-32-46-69(47-33-59)95(67-42-28-57(29-43-67)71-16-4-6-22-78(71)97-2)65-38-24-55(25-39-65)63-36-50-80(89-53-63)93-85-73-18-8-12-60-14-10-20-76(91-85)82(60)73/h4-51,53-54H,2-3H3,(H,89,91,93)(H,90,92,94)/b84-75-. The molecule has 2 aliphatic rings. The smallest absolute Gasteiger partial charge is 0.212 e. The van der Waals surface area contributed by atoms with Crippen LogP contribution in [0.5, 0.6) is 11.5 Å². The number of pyridine rings is 2. The topological polar surface area (TPSA) is 128 Å². The van der Waals surface area contributed by atoms with Gasteiger partial charge in [0, 0.05) is 102 Å². The molecule has 2 aromatic heterocycles. The van der Waals surface area contributed by atoms with Crippen molar-refractivity contribution in [1.29, 1.82) is 5.26 Å². The Morgan fingerprint density at radius 1 is 0.388 bits per heavy atom. The predicted molar refractivity (Wildman–Crippen MR) is 399 cm³/mol. The molecular weight excluding hydrogens is 1210 g/mol. The van der Waals surface area contributed by atoms with Gasteiger partial charge in [0.2, 0.25) is 5.70 Å². The summed E-state index contributed by atoms with van der Waals surface area (Å²) in [5, 5.41) is 22.6. The molecule has 2 N–H and O–H groups in total. The number of anilines is 8. The third-order valence-corrected chi connectivity index (χ3v) is 18.1. The highest BCUT2D eigenvalue weighted by Gasteiger charge is 2.24. The van der Waals surface area contributed by atoms with E-state index in [4.69, 9.17) is 36.0 Å². The molecule has 2 aliphatic heterocycles. The van der Waals surface area contributed by atoms with Gasteiger partial charge in [0.15, 0.2) is 11.6 Å². The zero-order chi connectivity index (χ0) is 66.1. The molecule has 12 aromatic carbocycles. The van der Waals surface area contributed by atoms with E-state index in [2.05, 4.69) is 213 Å². The molecule has 12 heteroatoms. The van der Waals surface area contributed by atoms with Crippen LogP contribution < -0.4 is 29.9 Å². The van der Waals surface area contributed by atoms with E-state index in [1.54, 1.807) is 14.2 Å². The largest absolute Gasteiger partial charge is 0.496 e. The molecule has 16 rings (SSSR count). The number of amidine groups is 2. The second kappa shape index (κ2) is 25.7. The molecule has 0 amide bonds. The molecule has 4 heterocycles. The molecule has 464 valence electrons. The van der Waals surface area contributed by atoms with Gasteiger partial charge in [-0.3, -0.25) is 0 Å². The van der Waals surface area contributed by atoms with Gasteiger partial charge in [-0.25, -0.2) is 24.8 Å². The summed E-state index contributed by atoms with van der Waals surface area (Å²) >= 11 is 0. The monoisotopic (exact) mass is 1260 g/mol. The van der Waals surface area contributed by atoms with E-state index in [9.17, 15) is 5.26 Å². The van der Waals surface area contributed by atoms with Crippen LogP contribution in [0.15, 0.2) is 314 Å². The van der Waals surface area contributed by atoms with Crippen molar-refractivity contribution in [2.75, 3.05) is 34.7 Å². The third kappa shape index (κ3) is 11.2. The number of para-hydroxylation sites is 2. The molecule has 14 aromatic rings. The first kappa shape index (κ1) is 59.3. The fraction of sp³-hybridized carbons (Fsp3) is 0.0233. The van der Waals surface area contributed by atoms with Gasteiger partial charge in [0.05, 0.1) is 32.4 Å². The zero-order valence-electron chi connectivity index (χ0n) is 53.3. The van der Waals surface area contributed by atoms with Crippen molar-refractivity contribution in [1.82, 2.24) is 9.97 Å². The van der Waals surface area contributed by atoms with Gasteiger partial charge in [0.25, 0.3) is 0 Å². The highest BCUT2D eigenvalue weighted by Crippen LogP contribution is 2.43. The van der Waals surface area contributed by atoms with Crippen LogP contribution in [0.1, 0.15) is 22.3 Å². The van der Waals surface area contributed by atoms with Gasteiger partial charge in [-0.2, -0.15) is 5.26 Å². The van der Waals surface area contributed by atoms with E-state index in [0.717, 1.165) is 124 Å². The van der Waals surface area contributed by atoms with Crippen LogP contribution in [0.2, 0.25) is 0 Å². The summed E-state index contributed by atoms with van der Waals surface area (Å²) < 4.78 is 11.5. The van der Waals surface area contributed by atoms with Crippen molar-refractivity contribution in [3.05, 3.63) is 337 Å². The van der Waals surface area contributed by atoms with Crippen molar-refractivity contribution in [2.24, 2.45) is 9.98 Å². The molecular formula is C86H58N10O2. The third-order valence-electron chi connectivity index (χ3n) is 18.1. The Bertz CT molecular complexity index is 5200. The number of rotatable bonds is 16. The maximum Gasteiger partial charge on any atom is 0.212 e. The van der Waals surface area contributed by atoms with E-state index >= 15 is 0 Å². The molecule has 98 heavy (non-hydrogen) atoms. The van der Waals surface area contributed by atoms with Crippen LogP contribution in [0.4, 0.5) is 57.1 Å². The normalized spacial score (nSPS) is 12.9. The van der Waals surface area contributed by atoms with Gasteiger partial charge in [-0.1, -0.05) is 170 Å². The molecule has 0 atom stereocenters. The molecule has 0 fully saturated rings. The van der Waals surface area contributed by atoms with Gasteiger partial charge >= 0.3 is 0 Å². The average Bonchev–Trinajstić information content (AvgIpc) is 1.50. The molecule has 0 aliphatic carbocycles. The predicted octanol–water partition coefficient (Wildman–Crippen LogP) is 21.7. The highest BCUT2D eigenvalue weighted by atomic mass is 16.5. The number of ether oxygens (including phenoxy) is 2. The van der Waals surface area contributed by atoms with E-state index in [1.165, 1.54) is 21.5 Å². The molecule has 0 spiro atoms. The molecule has 0 saturated heterocycles. The minimum absolute atomic E-state index is 0.240. The number of methoxy groups -OCH3 is 2. The Hall–Kier alpha value is -13.7. The van der Waals surface area contributed by atoms with E-state index in [1.807, 2.05) is 122 Å². The Morgan fingerprint density at radius 3 is 1.10 bits per heavy atom. The number of aliphatic imine (C=N–C) groups is 2. The van der Waals surface area contributed by atoms with Gasteiger partial charge in [-0.05, 0) is 165 Å². The van der Waals surface area contributed by atoms with Crippen LogP contribution in [0.3, 0.4) is 0 Å². The van der Waals surface area contributed by atoms with Crippen molar-refractivity contribution in [3.8, 4) is 62.1 Å². The number of aromatic nitrogens is 2. The number of hydrogen-bond donors (Lipinski definition) is 2. The van der Waals surface area contributed by atoms with E-state index < -0.39 is 0 Å². The number of nitrogens with zero attached hydrogens (tertiary/aromatic N) is 8. The Morgan fingerprint density at radius 2 is 0.735 bits per heavy atom. The summed E-state index contributed by atoms with van der Waals surface area (Å²) in [5.41, 5.74) is 19.2. The molecule has 0 saturated carbocycles. The zero-order valence-corrected chi connectivity index (χ0v) is 53.3. The summed E-state index contributed by atoms with van der Waals surface area (Å²) in [6, 6.07) is 101. The van der Waals surface area contributed by atoms with Crippen molar-refractivity contribution < 1.29 is 9.47 Å². The van der Waals surface area contributed by atoms with Gasteiger partial charge in [0.1, 0.15) is 23.2 Å². The fourth-order valence-electron chi connectivity index (χ4n) is 13.2. The van der Waals surface area contributed by atoms with Crippen LogP contribution in [0, 0.1) is 17.9 Å². The number of benzene rings is 12. The van der Waals surface area contributed by atoms with Gasteiger partial charge in [-0.15, -0.1) is 0 Å². The van der Waals surface area contributed by atoms with Gasteiger partial charge < -0.3 is 29.9 Å². The van der Waals surface area contributed by atoms with Crippen molar-refractivity contribution in [3.63, 3.8) is 0 Å². The summed E-state index contributed by atoms with van der Waals surface area (Å²) in [6.07, 6.45) is 3.72. The number of nitrogens with one attached hydrogen (secondary N) is 2. The lowest BCUT2D eigenvalue weighted by Crippen LogP contribution is -2.10. The second-order valence-electron chi connectivity index (χ2n) is 23.7. The SMILES string of the molecule is [C-]#[N+]/C(=C(/C#N)c1ccc(N(c2ccc(-c3ccc(N=C4Nc5cccc6cccc4c56)nc3)cc2)c2ccc(-c3ccccc3OC)cc2)cc1)c1ccc(N(c2ccc(-c3ccc(N=C4Nc5cccc6cccc4c56)nc3)cc2)c2ccc(-c3ccccc3OC)cc2)cc1. The lowest BCUT2D eigenvalue weighted by molar-refractivity contribution is 0.416. The average molecular weight is 1260 g/mol. The molecule has 0 radical (unpaired) electrons. The summed E-state index contributed by atoms with van der Waals surface area (Å²) in [4.78, 5) is 27.8. The number of nitriles is 1. The Balaban J connectivity index is 0.687. The maximum absolute atomic E-state index is 11.0. The quantitative estimate of drug-likeness (QED) is 0.0552. The Kier molecular flexibility index (Phi) is 15.5. The van der Waals surface area contributed by atoms with Crippen LogP contribution in [-0.4, -0.2) is 35.9 Å². The minimum Gasteiger partial charge on any atom is -0.496 e. The maximum atomic E-state index is 11.0. The molecule has 0 unspecified atom stereocenters. The Labute approximate surface area is 567 Å². The van der Waals surface area contributed by atoms with E-state index in [-0.39, 0.29) is 11.3 Å². The van der Waals surface area contributed by atoms with Crippen LogP contribution in [0.25, 0.3) is 82.2 Å². The first-order chi connectivity index (χ1) is 48.4. The first-order valence-electron chi connectivity index (χ1n) is 32.1. The summed E-state index contributed by atoms with van der Waals surface area (Å²) in [7, 11) is 3.37. The molecule has 12 nitrogen and oxygen atoms in total. The number of allylic oxidation sites excluding steroid dienone is 1. The summed E-state index contributed by atoms with van der Waals surface area (Å²) in [6.45, 7) is 8.58. The van der Waals surface area contributed by atoms with E-state index in [0.29, 0.717) is 22.8 Å². The molecule has 0 bridgehead atoms. The highest BCUT2D eigenvalue weighted by molar-refractivity contribution is 6.27. The first-order valence-corrected chi connectivity index (χ1v) is 32.1. The summed E-state index contributed by atoms with van der Waals surface area (Å²) in [5.74, 6) is 4.35. The lowest BCUT2D eigenvalue weighted by Gasteiger charge is -2.26. The number of hydrogen-bond acceptors (Lipinski definition) is 9. The van der Waals surface area contributed by atoms with Crippen molar-refractivity contribution in [2.45, 2.75) is 0 Å². The van der Waals surface area contributed by atoms with Crippen LogP contribution >= 0.6 is 0 Å². The second-order valence-corrected chi connectivity index (χ2v) is 23.7. The lowest BCUT2D eigenvalue weighted by atomic mass is 9.99.